The number of carbonyl (C=O) groups excluding carboxylic acids is 3. The average molecular weight is 450 g/mol. The number of pyridine rings is 1. The van der Waals surface area contributed by atoms with Crippen molar-refractivity contribution in [3.8, 4) is 0 Å². The zero-order chi connectivity index (χ0) is 23.6. The summed E-state index contributed by atoms with van der Waals surface area (Å²) in [6.45, 7) is 8.84. The maximum Gasteiger partial charge on any atom is 0.322 e. The fraction of sp³-hybridized carbons (Fsp3) is 0.440. The highest BCUT2D eigenvalue weighted by Gasteiger charge is 2.47. The number of anilines is 1. The fourth-order valence-corrected chi connectivity index (χ4v) is 4.70. The first-order chi connectivity index (χ1) is 15.8. The van der Waals surface area contributed by atoms with E-state index in [0.29, 0.717) is 30.6 Å². The van der Waals surface area contributed by atoms with Crippen LogP contribution in [0.1, 0.15) is 53.2 Å². The number of hydrogen-bond acceptors (Lipinski definition) is 5. The van der Waals surface area contributed by atoms with E-state index in [9.17, 15) is 14.4 Å². The molecule has 1 unspecified atom stereocenters. The van der Waals surface area contributed by atoms with Crippen LogP contribution in [-0.2, 0) is 10.3 Å². The number of aryl methyl sites for hydroxylation is 2. The van der Waals surface area contributed by atoms with Crippen LogP contribution < -0.4 is 15.5 Å². The predicted octanol–water partition coefficient (Wildman–Crippen LogP) is 2.89. The number of hydrogen-bond donors (Lipinski definition) is 2. The van der Waals surface area contributed by atoms with Crippen LogP contribution in [0.15, 0.2) is 36.5 Å². The summed E-state index contributed by atoms with van der Waals surface area (Å²) < 4.78 is 0. The van der Waals surface area contributed by atoms with E-state index in [0.717, 1.165) is 42.9 Å². The number of unbranched alkanes of at least 4 members (excludes halogenated alkanes) is 1. The van der Waals surface area contributed by atoms with E-state index in [1.807, 2.05) is 24.9 Å². The Balaban J connectivity index is 1.44. The predicted molar refractivity (Wildman–Crippen MR) is 126 cm³/mol. The molecule has 4 rings (SSSR count). The van der Waals surface area contributed by atoms with Crippen LogP contribution >= 0.6 is 0 Å². The summed E-state index contributed by atoms with van der Waals surface area (Å²) in [5.41, 5.74) is 2.48. The molecule has 174 valence electrons. The van der Waals surface area contributed by atoms with Crippen molar-refractivity contribution < 1.29 is 14.4 Å². The first-order valence-electron chi connectivity index (χ1n) is 11.6. The molecule has 8 nitrogen and oxygen atoms in total. The van der Waals surface area contributed by atoms with Gasteiger partial charge in [0.25, 0.3) is 11.8 Å². The zero-order valence-electron chi connectivity index (χ0n) is 19.5. The van der Waals surface area contributed by atoms with Gasteiger partial charge in [-0.2, -0.15) is 0 Å². The summed E-state index contributed by atoms with van der Waals surface area (Å²) in [6.07, 6.45) is 4.10. The summed E-state index contributed by atoms with van der Waals surface area (Å²) in [7, 11) is 0. The molecule has 33 heavy (non-hydrogen) atoms. The molecule has 2 aliphatic rings. The second-order valence-electron chi connectivity index (χ2n) is 8.93. The van der Waals surface area contributed by atoms with E-state index in [4.69, 9.17) is 0 Å². The van der Waals surface area contributed by atoms with Crippen LogP contribution in [0.25, 0.3) is 0 Å². The topological polar surface area (TPSA) is 94.6 Å². The lowest BCUT2D eigenvalue weighted by atomic mass is 9.84. The minimum Gasteiger partial charge on any atom is -0.353 e. The third-order valence-corrected chi connectivity index (χ3v) is 6.53. The van der Waals surface area contributed by atoms with Crippen molar-refractivity contribution in [1.82, 2.24) is 20.5 Å². The SMILES string of the molecule is CCCCC1(c2ccc(C(=O)N3CCN(c4ncc(C)cc4C)CC3)cc2)NC(=O)NC1=O. The number of aromatic nitrogens is 1. The maximum absolute atomic E-state index is 13.1. The maximum atomic E-state index is 13.1. The molecule has 2 fully saturated rings. The van der Waals surface area contributed by atoms with Gasteiger partial charge in [-0.25, -0.2) is 9.78 Å². The molecule has 2 aromatic rings. The average Bonchev–Trinajstić information content (AvgIpc) is 3.11. The number of urea groups is 1. The van der Waals surface area contributed by atoms with Gasteiger partial charge in [0.2, 0.25) is 0 Å². The molecule has 1 aromatic heterocycles. The number of imide groups is 1. The molecule has 0 bridgehead atoms. The van der Waals surface area contributed by atoms with Crippen molar-refractivity contribution >= 4 is 23.7 Å². The molecule has 2 N–H and O–H groups in total. The molecule has 8 heteroatoms. The van der Waals surface area contributed by atoms with Gasteiger partial charge in [0.15, 0.2) is 0 Å². The summed E-state index contributed by atoms with van der Waals surface area (Å²) in [5, 5.41) is 5.16. The normalized spacial score (nSPS) is 20.6. The number of benzene rings is 1. The van der Waals surface area contributed by atoms with E-state index < -0.39 is 11.6 Å². The highest BCUT2D eigenvalue weighted by molar-refractivity contribution is 6.07. The molecule has 0 aliphatic carbocycles. The Kier molecular flexibility index (Phi) is 6.35. The van der Waals surface area contributed by atoms with Crippen LogP contribution in [0, 0.1) is 13.8 Å². The van der Waals surface area contributed by atoms with Gasteiger partial charge in [-0.3, -0.25) is 14.9 Å². The molecule has 4 amide bonds. The largest absolute Gasteiger partial charge is 0.353 e. The van der Waals surface area contributed by atoms with Crippen molar-refractivity contribution in [3.63, 3.8) is 0 Å². The van der Waals surface area contributed by atoms with E-state index in [-0.39, 0.29) is 11.8 Å². The minimum absolute atomic E-state index is 0.0303. The van der Waals surface area contributed by atoms with Gasteiger partial charge < -0.3 is 15.1 Å². The van der Waals surface area contributed by atoms with Crippen LogP contribution in [0.3, 0.4) is 0 Å². The van der Waals surface area contributed by atoms with Crippen LogP contribution in [0.4, 0.5) is 10.6 Å². The van der Waals surface area contributed by atoms with Gasteiger partial charge in [-0.15, -0.1) is 0 Å². The molecule has 0 spiro atoms. The fourth-order valence-electron chi connectivity index (χ4n) is 4.70. The van der Waals surface area contributed by atoms with Gasteiger partial charge in [-0.1, -0.05) is 38.0 Å². The number of amides is 4. The summed E-state index contributed by atoms with van der Waals surface area (Å²) in [5.74, 6) is 0.611. The number of nitrogens with one attached hydrogen (secondary N) is 2. The summed E-state index contributed by atoms with van der Waals surface area (Å²) >= 11 is 0. The first kappa shape index (κ1) is 22.8. The number of piperazine rings is 1. The molecule has 0 saturated carbocycles. The lowest BCUT2D eigenvalue weighted by Crippen LogP contribution is -2.49. The Morgan fingerprint density at radius 2 is 1.79 bits per heavy atom. The quantitative estimate of drug-likeness (QED) is 0.662. The Bertz CT molecular complexity index is 1060. The van der Waals surface area contributed by atoms with Gasteiger partial charge in [0.05, 0.1) is 0 Å². The molecular formula is C25H31N5O3. The molecule has 3 heterocycles. The van der Waals surface area contributed by atoms with Crippen molar-refractivity contribution in [1.29, 1.82) is 0 Å². The van der Waals surface area contributed by atoms with E-state index in [2.05, 4.69) is 33.5 Å². The molecule has 1 atom stereocenters. The highest BCUT2D eigenvalue weighted by atomic mass is 16.2. The third-order valence-electron chi connectivity index (χ3n) is 6.53. The number of rotatable bonds is 6. The Morgan fingerprint density at radius 1 is 1.09 bits per heavy atom. The Morgan fingerprint density at radius 3 is 2.36 bits per heavy atom. The summed E-state index contributed by atoms with van der Waals surface area (Å²) in [6, 6.07) is 8.71. The molecule has 2 aliphatic heterocycles. The van der Waals surface area contributed by atoms with Crippen molar-refractivity contribution in [3.05, 3.63) is 58.8 Å². The minimum atomic E-state index is -1.07. The highest BCUT2D eigenvalue weighted by Crippen LogP contribution is 2.31. The molecule has 0 radical (unpaired) electrons. The van der Waals surface area contributed by atoms with Crippen LogP contribution in [0.5, 0.6) is 0 Å². The lowest BCUT2D eigenvalue weighted by molar-refractivity contribution is -0.124. The first-order valence-corrected chi connectivity index (χ1v) is 11.6. The second-order valence-corrected chi connectivity index (χ2v) is 8.93. The van der Waals surface area contributed by atoms with Gasteiger partial charge >= 0.3 is 6.03 Å². The van der Waals surface area contributed by atoms with Crippen molar-refractivity contribution in [2.75, 3.05) is 31.1 Å². The van der Waals surface area contributed by atoms with Gasteiger partial charge in [0, 0.05) is 37.9 Å². The number of carbonyl (C=O) groups is 3. The van der Waals surface area contributed by atoms with Crippen molar-refractivity contribution in [2.45, 2.75) is 45.6 Å². The van der Waals surface area contributed by atoms with E-state index in [1.165, 1.54) is 0 Å². The smallest absolute Gasteiger partial charge is 0.322 e. The second kappa shape index (κ2) is 9.21. The standard InChI is InChI=1S/C25H31N5O3/c1-4-5-10-25(23(32)27-24(33)28-25)20-8-6-19(7-9-20)22(31)30-13-11-29(12-14-30)21-18(3)15-17(2)16-26-21/h6-9,15-16H,4-5,10-14H2,1-3H3,(H2,27,28,32,33). The number of nitrogens with zero attached hydrogens (tertiary/aromatic N) is 3. The van der Waals surface area contributed by atoms with Crippen LogP contribution in [-0.4, -0.2) is 53.9 Å². The Hall–Kier alpha value is -3.42. The summed E-state index contributed by atoms with van der Waals surface area (Å²) in [4.78, 5) is 46.2. The molecule has 1 aromatic carbocycles. The lowest BCUT2D eigenvalue weighted by Gasteiger charge is -2.36. The van der Waals surface area contributed by atoms with E-state index in [1.54, 1.807) is 24.3 Å². The van der Waals surface area contributed by atoms with Gasteiger partial charge in [0.1, 0.15) is 11.4 Å². The Labute approximate surface area is 194 Å². The third kappa shape index (κ3) is 4.42. The molecule has 2 saturated heterocycles. The van der Waals surface area contributed by atoms with Crippen molar-refractivity contribution in [2.24, 2.45) is 0 Å². The van der Waals surface area contributed by atoms with E-state index >= 15 is 0 Å². The van der Waals surface area contributed by atoms with Gasteiger partial charge in [-0.05, 0) is 49.1 Å². The van der Waals surface area contributed by atoms with Crippen LogP contribution in [0.2, 0.25) is 0 Å². The molecular weight excluding hydrogens is 418 g/mol. The monoisotopic (exact) mass is 449 g/mol. The zero-order valence-corrected chi connectivity index (χ0v) is 19.5.